The Kier molecular flexibility index (Phi) is 7.20. The van der Waals surface area contributed by atoms with Crippen molar-refractivity contribution in [2.45, 2.75) is 25.9 Å². The zero-order chi connectivity index (χ0) is 24.0. The van der Waals surface area contributed by atoms with Crippen LogP contribution in [0.5, 0.6) is 0 Å². The first kappa shape index (κ1) is 23.3. The summed E-state index contributed by atoms with van der Waals surface area (Å²) in [6, 6.07) is 18.0. The zero-order valence-electron chi connectivity index (χ0n) is 20.1. The minimum Gasteiger partial charge on any atom is -0.369 e. The molecular weight excluding hydrogens is 440 g/mol. The van der Waals surface area contributed by atoms with Gasteiger partial charge in [0.2, 0.25) is 5.95 Å². The summed E-state index contributed by atoms with van der Waals surface area (Å²) in [5, 5.41) is 6.23. The lowest BCUT2D eigenvalue weighted by Gasteiger charge is -2.35. The quantitative estimate of drug-likeness (QED) is 0.535. The second kappa shape index (κ2) is 10.8. The monoisotopic (exact) mass is 472 g/mol. The van der Waals surface area contributed by atoms with E-state index in [1.807, 2.05) is 30.3 Å². The van der Waals surface area contributed by atoms with Crippen LogP contribution in [0.1, 0.15) is 19.8 Å². The minimum absolute atomic E-state index is 0.0852. The number of piperazine rings is 1. The van der Waals surface area contributed by atoms with E-state index in [4.69, 9.17) is 4.74 Å². The molecule has 2 fully saturated rings. The molecule has 35 heavy (non-hydrogen) atoms. The van der Waals surface area contributed by atoms with E-state index in [-0.39, 0.29) is 12.0 Å². The van der Waals surface area contributed by atoms with Gasteiger partial charge in [-0.05, 0) is 61.9 Å². The molecule has 0 radical (unpaired) electrons. The average molecular weight is 473 g/mol. The molecule has 182 valence electrons. The molecule has 8 nitrogen and oxygen atoms in total. The predicted molar refractivity (Wildman–Crippen MR) is 139 cm³/mol. The van der Waals surface area contributed by atoms with Crippen LogP contribution in [0.15, 0.2) is 60.8 Å². The fraction of sp³-hybridized carbons (Fsp3) is 0.370. The van der Waals surface area contributed by atoms with Gasteiger partial charge in [-0.25, -0.2) is 9.97 Å². The molecule has 0 aliphatic carbocycles. The molecule has 0 saturated carbocycles. The van der Waals surface area contributed by atoms with Crippen molar-refractivity contribution in [2.24, 2.45) is 0 Å². The molecule has 2 N–H and O–H groups in total. The van der Waals surface area contributed by atoms with Gasteiger partial charge in [0.25, 0.3) is 5.91 Å². The zero-order valence-corrected chi connectivity index (χ0v) is 20.1. The van der Waals surface area contributed by atoms with Crippen LogP contribution in [-0.2, 0) is 9.53 Å². The molecule has 2 aliphatic rings. The second-order valence-corrected chi connectivity index (χ2v) is 8.93. The van der Waals surface area contributed by atoms with Crippen LogP contribution in [0.3, 0.4) is 0 Å². The molecule has 0 bridgehead atoms. The molecular formula is C27H32N6O2. The molecule has 0 unspecified atom stereocenters. The van der Waals surface area contributed by atoms with Crippen molar-refractivity contribution in [1.29, 1.82) is 0 Å². The van der Waals surface area contributed by atoms with Crippen molar-refractivity contribution < 1.29 is 9.53 Å². The van der Waals surface area contributed by atoms with Gasteiger partial charge in [0.05, 0.1) is 5.69 Å². The number of benzene rings is 2. The summed E-state index contributed by atoms with van der Waals surface area (Å²) in [7, 11) is 0. The van der Waals surface area contributed by atoms with E-state index in [9.17, 15) is 4.79 Å². The number of nitrogens with one attached hydrogen (secondary N) is 2. The highest BCUT2D eigenvalue weighted by molar-refractivity contribution is 5.94. The largest absolute Gasteiger partial charge is 0.369 e. The van der Waals surface area contributed by atoms with E-state index in [0.717, 1.165) is 68.2 Å². The van der Waals surface area contributed by atoms with Gasteiger partial charge in [0.15, 0.2) is 0 Å². The van der Waals surface area contributed by atoms with Crippen molar-refractivity contribution in [2.75, 3.05) is 54.9 Å². The number of nitrogens with zero attached hydrogens (tertiary/aromatic N) is 4. The maximum atomic E-state index is 12.3. The standard InChI is InChI=1S/C27H32N6O2/c1-2-32-15-17-33(18-16-32)23-11-9-22(10-12-23)30-27-28-14-13-24(31-27)20-5-7-21(8-6-20)29-26(34)25-4-3-19-35-25/h5-14,25H,2-4,15-19H2,1H3,(H,29,34)(H,28,30,31)/t25-/m0/s1. The van der Waals surface area contributed by atoms with E-state index in [1.54, 1.807) is 6.20 Å². The van der Waals surface area contributed by atoms with Gasteiger partial charge in [-0.3, -0.25) is 4.79 Å². The van der Waals surface area contributed by atoms with Gasteiger partial charge < -0.3 is 25.2 Å². The minimum atomic E-state index is -0.342. The van der Waals surface area contributed by atoms with Crippen LogP contribution in [0.25, 0.3) is 11.3 Å². The first-order chi connectivity index (χ1) is 17.2. The average Bonchev–Trinajstić information content (AvgIpc) is 3.45. The highest BCUT2D eigenvalue weighted by Crippen LogP contribution is 2.24. The molecule has 1 amide bonds. The number of hydrogen-bond acceptors (Lipinski definition) is 7. The number of anilines is 4. The lowest BCUT2D eigenvalue weighted by atomic mass is 10.1. The summed E-state index contributed by atoms with van der Waals surface area (Å²) in [6.07, 6.45) is 3.12. The number of aromatic nitrogens is 2. The first-order valence-electron chi connectivity index (χ1n) is 12.4. The number of rotatable bonds is 7. The Labute approximate surface area is 206 Å². The van der Waals surface area contributed by atoms with Crippen LogP contribution >= 0.6 is 0 Å². The van der Waals surface area contributed by atoms with Crippen molar-refractivity contribution in [3.8, 4) is 11.3 Å². The summed E-state index contributed by atoms with van der Waals surface area (Å²) in [4.78, 5) is 26.2. The van der Waals surface area contributed by atoms with Crippen molar-refractivity contribution in [3.63, 3.8) is 0 Å². The molecule has 8 heteroatoms. The molecule has 3 aromatic rings. The van der Waals surface area contributed by atoms with Crippen LogP contribution in [-0.4, -0.2) is 66.2 Å². The molecule has 2 saturated heterocycles. The molecule has 1 atom stereocenters. The number of carbonyl (C=O) groups is 1. The Balaban J connectivity index is 1.20. The van der Waals surface area contributed by atoms with E-state index in [1.165, 1.54) is 5.69 Å². The van der Waals surface area contributed by atoms with Crippen LogP contribution in [0.2, 0.25) is 0 Å². The third kappa shape index (κ3) is 5.78. The lowest BCUT2D eigenvalue weighted by molar-refractivity contribution is -0.124. The van der Waals surface area contributed by atoms with Gasteiger partial charge in [-0.2, -0.15) is 0 Å². The van der Waals surface area contributed by atoms with Gasteiger partial charge in [0.1, 0.15) is 6.10 Å². The molecule has 5 rings (SSSR count). The number of hydrogen-bond donors (Lipinski definition) is 2. The summed E-state index contributed by atoms with van der Waals surface area (Å²) < 4.78 is 5.45. The molecule has 1 aromatic heterocycles. The number of carbonyl (C=O) groups excluding carboxylic acids is 1. The van der Waals surface area contributed by atoms with Crippen molar-refractivity contribution >= 4 is 28.9 Å². The van der Waals surface area contributed by atoms with Crippen LogP contribution in [0.4, 0.5) is 23.0 Å². The maximum absolute atomic E-state index is 12.3. The number of likely N-dealkylation sites (N-methyl/N-ethyl adjacent to an activating group) is 1. The summed E-state index contributed by atoms with van der Waals surface area (Å²) in [5.41, 5.74) is 4.70. The highest BCUT2D eigenvalue weighted by Gasteiger charge is 2.23. The lowest BCUT2D eigenvalue weighted by Crippen LogP contribution is -2.46. The normalized spacial score (nSPS) is 18.4. The Morgan fingerprint density at radius 3 is 2.43 bits per heavy atom. The molecule has 2 aliphatic heterocycles. The Bertz CT molecular complexity index is 1120. The van der Waals surface area contributed by atoms with Crippen molar-refractivity contribution in [3.05, 3.63) is 60.8 Å². The summed E-state index contributed by atoms with van der Waals surface area (Å²) in [6.45, 7) is 8.33. The maximum Gasteiger partial charge on any atom is 0.253 e. The Hall–Kier alpha value is -3.49. The highest BCUT2D eigenvalue weighted by atomic mass is 16.5. The predicted octanol–water partition coefficient (Wildman–Crippen LogP) is 4.15. The van der Waals surface area contributed by atoms with Crippen LogP contribution < -0.4 is 15.5 Å². The summed E-state index contributed by atoms with van der Waals surface area (Å²) in [5.74, 6) is 0.459. The smallest absolute Gasteiger partial charge is 0.253 e. The van der Waals surface area contributed by atoms with Gasteiger partial charge in [-0.15, -0.1) is 0 Å². The SMILES string of the molecule is CCN1CCN(c2ccc(Nc3nccc(-c4ccc(NC(=O)[C@@H]5CCCO5)cc4)n3)cc2)CC1. The Morgan fingerprint density at radius 2 is 1.74 bits per heavy atom. The van der Waals surface area contributed by atoms with Crippen LogP contribution in [0, 0.1) is 0 Å². The van der Waals surface area contributed by atoms with E-state index in [2.05, 4.69) is 61.6 Å². The van der Waals surface area contributed by atoms with Gasteiger partial charge in [-0.1, -0.05) is 19.1 Å². The van der Waals surface area contributed by atoms with Crippen molar-refractivity contribution in [1.82, 2.24) is 14.9 Å². The number of ether oxygens (including phenoxy) is 1. The number of amides is 1. The van der Waals surface area contributed by atoms with E-state index < -0.39 is 0 Å². The summed E-state index contributed by atoms with van der Waals surface area (Å²) >= 11 is 0. The fourth-order valence-electron chi connectivity index (χ4n) is 4.52. The van der Waals surface area contributed by atoms with Gasteiger partial charge >= 0.3 is 0 Å². The molecule has 0 spiro atoms. The van der Waals surface area contributed by atoms with E-state index in [0.29, 0.717) is 12.6 Å². The topological polar surface area (TPSA) is 82.6 Å². The first-order valence-corrected chi connectivity index (χ1v) is 12.4. The molecule has 2 aromatic carbocycles. The fourth-order valence-corrected chi connectivity index (χ4v) is 4.52. The molecule has 3 heterocycles. The third-order valence-electron chi connectivity index (χ3n) is 6.63. The second-order valence-electron chi connectivity index (χ2n) is 8.93. The van der Waals surface area contributed by atoms with Gasteiger partial charge in [0, 0.05) is 61.6 Å². The third-order valence-corrected chi connectivity index (χ3v) is 6.63. The Morgan fingerprint density at radius 1 is 1.00 bits per heavy atom. The van der Waals surface area contributed by atoms with E-state index >= 15 is 0 Å².